The highest BCUT2D eigenvalue weighted by atomic mass is 16.4. The van der Waals surface area contributed by atoms with Crippen molar-refractivity contribution < 1.29 is 34.5 Å². The zero-order chi connectivity index (χ0) is 28.8. The largest absolute Gasteiger partial charge is 0.508 e. The van der Waals surface area contributed by atoms with Gasteiger partial charge in [-0.2, -0.15) is 0 Å². The van der Waals surface area contributed by atoms with Gasteiger partial charge in [-0.15, -0.1) is 0 Å². The van der Waals surface area contributed by atoms with E-state index in [-0.39, 0.29) is 18.6 Å². The lowest BCUT2D eigenvalue weighted by atomic mass is 10.0. The molecule has 2 aromatic rings. The summed E-state index contributed by atoms with van der Waals surface area (Å²) < 4.78 is 0. The number of aromatic hydroxyl groups is 1. The van der Waals surface area contributed by atoms with Crippen LogP contribution in [0.25, 0.3) is 0 Å². The monoisotopic (exact) mass is 543 g/mol. The van der Waals surface area contributed by atoms with Crippen LogP contribution in [-0.4, -0.2) is 76.3 Å². The molecule has 0 aliphatic carbocycles. The maximum Gasteiger partial charge on any atom is 0.326 e. The molecule has 10 N–H and O–H groups in total. The molecule has 212 valence electrons. The van der Waals surface area contributed by atoms with Crippen molar-refractivity contribution in [3.63, 3.8) is 0 Å². The maximum atomic E-state index is 13.2. The number of amides is 3. The molecule has 2 aromatic carbocycles. The Morgan fingerprint density at radius 2 is 1.28 bits per heavy atom. The van der Waals surface area contributed by atoms with Crippen molar-refractivity contribution >= 4 is 23.7 Å². The first kappa shape index (κ1) is 31.2. The lowest BCUT2D eigenvalue weighted by molar-refractivity contribution is -0.142. The summed E-state index contributed by atoms with van der Waals surface area (Å²) in [5.74, 6) is -3.53. The zero-order valence-corrected chi connectivity index (χ0v) is 21.6. The first-order valence-corrected chi connectivity index (χ1v) is 12.7. The molecule has 0 radical (unpaired) electrons. The number of hydrogen-bond acceptors (Lipinski definition) is 8. The van der Waals surface area contributed by atoms with Gasteiger partial charge in [0.05, 0.1) is 12.6 Å². The number of carbonyl (C=O) groups excluding carboxylic acids is 3. The van der Waals surface area contributed by atoms with Gasteiger partial charge in [0.2, 0.25) is 17.7 Å². The second-order valence-electron chi connectivity index (χ2n) is 9.16. The van der Waals surface area contributed by atoms with E-state index in [0.29, 0.717) is 31.4 Å². The fourth-order valence-corrected chi connectivity index (χ4v) is 3.78. The molecule has 0 bridgehead atoms. The SMILES string of the molecule is NCCCCC(N)C(=O)NC(Cc1ccccc1)C(=O)NC(CO)C(=O)NC(Cc1ccc(O)cc1)C(=O)O. The van der Waals surface area contributed by atoms with Crippen molar-refractivity contribution in [1.82, 2.24) is 16.0 Å². The fraction of sp³-hybridized carbons (Fsp3) is 0.407. The van der Waals surface area contributed by atoms with Crippen molar-refractivity contribution in [2.24, 2.45) is 11.5 Å². The van der Waals surface area contributed by atoms with Gasteiger partial charge in [0, 0.05) is 12.8 Å². The standard InChI is InChI=1S/C27H37N5O7/c28-13-5-4-8-20(29)24(35)30-21(14-17-6-2-1-3-7-17)25(36)32-23(16-33)26(37)31-22(27(38)39)15-18-9-11-19(34)12-10-18/h1-3,6-7,9-12,20-23,33-34H,4-5,8,13-16,28-29H2,(H,30,35)(H,31,37)(H,32,36)(H,38,39). The third kappa shape index (κ3) is 10.7. The normalized spacial score (nSPS) is 13.9. The van der Waals surface area contributed by atoms with E-state index in [9.17, 15) is 34.5 Å². The van der Waals surface area contributed by atoms with E-state index >= 15 is 0 Å². The number of aliphatic hydroxyl groups is 1. The van der Waals surface area contributed by atoms with Gasteiger partial charge in [-0.3, -0.25) is 14.4 Å². The van der Waals surface area contributed by atoms with Crippen LogP contribution in [0.5, 0.6) is 5.75 Å². The molecule has 0 heterocycles. The van der Waals surface area contributed by atoms with Crippen LogP contribution in [0.3, 0.4) is 0 Å². The minimum absolute atomic E-state index is 0.00591. The lowest BCUT2D eigenvalue weighted by Crippen LogP contribution is -2.58. The Morgan fingerprint density at radius 3 is 1.87 bits per heavy atom. The molecule has 39 heavy (non-hydrogen) atoms. The van der Waals surface area contributed by atoms with Crippen molar-refractivity contribution in [1.29, 1.82) is 0 Å². The summed E-state index contributed by atoms with van der Waals surface area (Å²) in [6, 6.07) is 9.86. The number of aliphatic hydroxyl groups excluding tert-OH is 1. The summed E-state index contributed by atoms with van der Waals surface area (Å²) >= 11 is 0. The molecule has 0 aromatic heterocycles. The minimum Gasteiger partial charge on any atom is -0.508 e. The van der Waals surface area contributed by atoms with Crippen LogP contribution < -0.4 is 27.4 Å². The van der Waals surface area contributed by atoms with Crippen LogP contribution in [-0.2, 0) is 32.0 Å². The molecule has 4 atom stereocenters. The number of carboxylic acids is 1. The predicted molar refractivity (Wildman–Crippen MR) is 143 cm³/mol. The number of rotatable bonds is 16. The molecule has 0 spiro atoms. The smallest absolute Gasteiger partial charge is 0.326 e. The summed E-state index contributed by atoms with van der Waals surface area (Å²) in [6.45, 7) is -0.344. The molecule has 3 amide bonds. The molecular weight excluding hydrogens is 506 g/mol. The molecular formula is C27H37N5O7. The summed E-state index contributed by atoms with van der Waals surface area (Å²) in [7, 11) is 0. The van der Waals surface area contributed by atoms with Gasteiger partial charge >= 0.3 is 5.97 Å². The topological polar surface area (TPSA) is 217 Å². The summed E-state index contributed by atoms with van der Waals surface area (Å²) in [4.78, 5) is 50.4. The van der Waals surface area contributed by atoms with Crippen LogP contribution in [0.15, 0.2) is 54.6 Å². The molecule has 4 unspecified atom stereocenters. The number of nitrogens with two attached hydrogens (primary N) is 2. The second kappa shape index (κ2) is 16.1. The van der Waals surface area contributed by atoms with Crippen LogP contribution in [0.1, 0.15) is 30.4 Å². The van der Waals surface area contributed by atoms with Crippen LogP contribution in [0.2, 0.25) is 0 Å². The van der Waals surface area contributed by atoms with Crippen LogP contribution >= 0.6 is 0 Å². The van der Waals surface area contributed by atoms with E-state index in [0.717, 1.165) is 5.56 Å². The van der Waals surface area contributed by atoms with E-state index < -0.39 is 54.5 Å². The summed E-state index contributed by atoms with van der Waals surface area (Å²) in [6.07, 6.45) is 1.71. The van der Waals surface area contributed by atoms with E-state index in [1.54, 1.807) is 30.3 Å². The van der Waals surface area contributed by atoms with Crippen molar-refractivity contribution in [2.45, 2.75) is 56.3 Å². The lowest BCUT2D eigenvalue weighted by Gasteiger charge is -2.24. The number of benzene rings is 2. The Balaban J connectivity index is 2.10. The highest BCUT2D eigenvalue weighted by Crippen LogP contribution is 2.12. The third-order valence-corrected chi connectivity index (χ3v) is 6.03. The third-order valence-electron chi connectivity index (χ3n) is 6.03. The van der Waals surface area contributed by atoms with E-state index in [4.69, 9.17) is 11.5 Å². The first-order valence-electron chi connectivity index (χ1n) is 12.7. The van der Waals surface area contributed by atoms with Crippen LogP contribution in [0.4, 0.5) is 0 Å². The highest BCUT2D eigenvalue weighted by Gasteiger charge is 2.30. The van der Waals surface area contributed by atoms with Gasteiger partial charge < -0.3 is 42.7 Å². The van der Waals surface area contributed by atoms with Crippen molar-refractivity contribution in [2.75, 3.05) is 13.2 Å². The van der Waals surface area contributed by atoms with Gasteiger partial charge in [0.1, 0.15) is 23.9 Å². The second-order valence-corrected chi connectivity index (χ2v) is 9.16. The van der Waals surface area contributed by atoms with Gasteiger partial charge in [-0.25, -0.2) is 4.79 Å². The zero-order valence-electron chi connectivity index (χ0n) is 21.6. The number of nitrogens with one attached hydrogen (secondary N) is 3. The van der Waals surface area contributed by atoms with Gasteiger partial charge in [0.25, 0.3) is 0 Å². The quantitative estimate of drug-likeness (QED) is 0.124. The average molecular weight is 544 g/mol. The van der Waals surface area contributed by atoms with E-state index in [1.807, 2.05) is 0 Å². The number of hydrogen-bond donors (Lipinski definition) is 8. The summed E-state index contributed by atoms with van der Waals surface area (Å²) in [5.41, 5.74) is 12.7. The number of carboxylic acid groups (broad SMARTS) is 1. The predicted octanol–water partition coefficient (Wildman–Crippen LogP) is -0.835. The minimum atomic E-state index is -1.48. The number of aliphatic carboxylic acids is 1. The van der Waals surface area contributed by atoms with Gasteiger partial charge in [0.15, 0.2) is 0 Å². The number of phenols is 1. The van der Waals surface area contributed by atoms with Gasteiger partial charge in [-0.05, 0) is 42.6 Å². The van der Waals surface area contributed by atoms with E-state index in [1.165, 1.54) is 24.3 Å². The Labute approximate surface area is 226 Å². The molecule has 0 aliphatic heterocycles. The summed E-state index contributed by atoms with van der Waals surface area (Å²) in [5, 5.41) is 36.1. The first-order chi connectivity index (χ1) is 18.6. The molecule has 0 fully saturated rings. The maximum absolute atomic E-state index is 13.2. The van der Waals surface area contributed by atoms with Crippen molar-refractivity contribution in [3.8, 4) is 5.75 Å². The highest BCUT2D eigenvalue weighted by molar-refractivity contribution is 5.94. The molecule has 2 rings (SSSR count). The Morgan fingerprint density at radius 1 is 0.744 bits per heavy atom. The Hall–Kier alpha value is -4.00. The number of unbranched alkanes of at least 4 members (excludes halogenated alkanes) is 1. The molecule has 0 saturated heterocycles. The molecule has 0 aliphatic rings. The molecule has 0 saturated carbocycles. The van der Waals surface area contributed by atoms with Crippen molar-refractivity contribution in [3.05, 3.63) is 65.7 Å². The fourth-order valence-electron chi connectivity index (χ4n) is 3.78. The van der Waals surface area contributed by atoms with Gasteiger partial charge in [-0.1, -0.05) is 48.9 Å². The number of phenolic OH excluding ortho intramolecular Hbond substituents is 1. The Bertz CT molecular complexity index is 1080. The number of carbonyl (C=O) groups is 4. The average Bonchev–Trinajstić information content (AvgIpc) is 2.92. The Kier molecular flexibility index (Phi) is 12.9. The molecule has 12 heteroatoms. The molecule has 12 nitrogen and oxygen atoms in total. The van der Waals surface area contributed by atoms with E-state index in [2.05, 4.69) is 16.0 Å². The van der Waals surface area contributed by atoms with Crippen LogP contribution in [0, 0.1) is 0 Å².